The Kier molecular flexibility index (Phi) is 2.83. The van der Waals surface area contributed by atoms with E-state index in [2.05, 4.69) is 41.5 Å². The summed E-state index contributed by atoms with van der Waals surface area (Å²) in [6.07, 6.45) is 0. The lowest BCUT2D eigenvalue weighted by molar-refractivity contribution is 0.555. The lowest BCUT2D eigenvalue weighted by atomic mass is 10.1. The van der Waals surface area contributed by atoms with Gasteiger partial charge in [0, 0.05) is 18.3 Å². The molecule has 0 unspecified atom stereocenters. The number of benzene rings is 2. The molecule has 3 aromatic rings. The quantitative estimate of drug-likeness (QED) is 0.755. The van der Waals surface area contributed by atoms with Crippen LogP contribution in [0.15, 0.2) is 51.7 Å². The van der Waals surface area contributed by atoms with Crippen molar-refractivity contribution in [1.82, 2.24) is 4.98 Å². The Labute approximate surface area is 110 Å². The molecule has 2 aromatic carbocycles. The topological polar surface area (TPSA) is 58.0 Å². The Hall–Kier alpha value is -2.49. The van der Waals surface area contributed by atoms with Crippen LogP contribution in [0.1, 0.15) is 11.1 Å². The van der Waals surface area contributed by atoms with Crippen LogP contribution in [-0.2, 0) is 6.54 Å². The lowest BCUT2D eigenvalue weighted by Crippen LogP contribution is -1.98. The van der Waals surface area contributed by atoms with Crippen LogP contribution >= 0.6 is 0 Å². The zero-order valence-electron chi connectivity index (χ0n) is 10.6. The van der Waals surface area contributed by atoms with E-state index in [-0.39, 0.29) is 0 Å². The minimum absolute atomic E-state index is 0.425. The first-order valence-corrected chi connectivity index (χ1v) is 6.13. The van der Waals surface area contributed by atoms with Crippen LogP contribution in [0.4, 0.5) is 5.69 Å². The van der Waals surface area contributed by atoms with Crippen molar-refractivity contribution in [3.8, 4) is 0 Å². The van der Waals surface area contributed by atoms with Crippen LogP contribution < -0.4 is 11.1 Å². The van der Waals surface area contributed by atoms with Gasteiger partial charge in [-0.3, -0.25) is 4.98 Å². The average Bonchev–Trinajstić information content (AvgIpc) is 2.77. The van der Waals surface area contributed by atoms with Gasteiger partial charge in [-0.25, -0.2) is 4.79 Å². The molecule has 0 aliphatic rings. The molecule has 4 heteroatoms. The molecule has 1 heterocycles. The van der Waals surface area contributed by atoms with E-state index in [1.807, 2.05) is 18.2 Å². The van der Waals surface area contributed by atoms with Gasteiger partial charge in [-0.2, -0.15) is 0 Å². The van der Waals surface area contributed by atoms with E-state index in [1.165, 1.54) is 11.1 Å². The molecule has 96 valence electrons. The summed E-state index contributed by atoms with van der Waals surface area (Å²) in [4.78, 5) is 13.7. The molecule has 0 aliphatic heterocycles. The van der Waals surface area contributed by atoms with Gasteiger partial charge in [-0.15, -0.1) is 0 Å². The predicted molar refractivity (Wildman–Crippen MR) is 75.3 cm³/mol. The SMILES string of the molecule is Cc1ccc(CNc2ccc3[nH]c(=O)oc3c2)cc1. The van der Waals surface area contributed by atoms with Crippen molar-refractivity contribution in [2.45, 2.75) is 13.5 Å². The molecule has 0 atom stereocenters. The lowest BCUT2D eigenvalue weighted by Gasteiger charge is -2.06. The minimum atomic E-state index is -0.425. The first-order chi connectivity index (χ1) is 9.20. The molecule has 3 rings (SSSR count). The average molecular weight is 254 g/mol. The van der Waals surface area contributed by atoms with E-state index in [0.717, 1.165) is 12.2 Å². The van der Waals surface area contributed by atoms with Gasteiger partial charge < -0.3 is 9.73 Å². The van der Waals surface area contributed by atoms with Crippen molar-refractivity contribution < 1.29 is 4.42 Å². The number of H-pyrrole nitrogens is 1. The standard InChI is InChI=1S/C15H14N2O2/c1-10-2-4-11(5-3-10)9-16-12-6-7-13-14(8-12)19-15(18)17-13/h2-8,16H,9H2,1H3,(H,17,18). The van der Waals surface area contributed by atoms with Crippen LogP contribution in [-0.4, -0.2) is 4.98 Å². The van der Waals surface area contributed by atoms with Crippen molar-refractivity contribution >= 4 is 16.8 Å². The molecule has 19 heavy (non-hydrogen) atoms. The van der Waals surface area contributed by atoms with E-state index < -0.39 is 5.76 Å². The summed E-state index contributed by atoms with van der Waals surface area (Å²) in [5.41, 5.74) is 4.67. The van der Waals surface area contributed by atoms with Gasteiger partial charge in [-0.05, 0) is 24.6 Å². The summed E-state index contributed by atoms with van der Waals surface area (Å²) in [5.74, 6) is -0.425. The van der Waals surface area contributed by atoms with Gasteiger partial charge in [0.05, 0.1) is 5.52 Å². The van der Waals surface area contributed by atoms with E-state index in [0.29, 0.717) is 11.1 Å². The minimum Gasteiger partial charge on any atom is -0.408 e. The molecule has 0 bridgehead atoms. The zero-order valence-corrected chi connectivity index (χ0v) is 10.6. The summed E-state index contributed by atoms with van der Waals surface area (Å²) in [5, 5.41) is 3.31. The van der Waals surface area contributed by atoms with Crippen molar-refractivity contribution in [2.75, 3.05) is 5.32 Å². The van der Waals surface area contributed by atoms with Gasteiger partial charge in [0.2, 0.25) is 0 Å². The Morgan fingerprint density at radius 3 is 2.74 bits per heavy atom. The number of anilines is 1. The number of aromatic amines is 1. The fourth-order valence-electron chi connectivity index (χ4n) is 1.97. The summed E-state index contributed by atoms with van der Waals surface area (Å²) in [6.45, 7) is 2.81. The zero-order chi connectivity index (χ0) is 13.2. The number of hydrogen-bond donors (Lipinski definition) is 2. The second kappa shape index (κ2) is 4.65. The molecule has 0 saturated carbocycles. The summed E-state index contributed by atoms with van der Waals surface area (Å²) in [7, 11) is 0. The molecule has 0 aliphatic carbocycles. The maximum Gasteiger partial charge on any atom is 0.417 e. The highest BCUT2D eigenvalue weighted by atomic mass is 16.4. The van der Waals surface area contributed by atoms with Crippen LogP contribution in [0.3, 0.4) is 0 Å². The Morgan fingerprint density at radius 2 is 1.95 bits per heavy atom. The van der Waals surface area contributed by atoms with Gasteiger partial charge in [0.15, 0.2) is 5.58 Å². The molecule has 2 N–H and O–H groups in total. The van der Waals surface area contributed by atoms with Crippen molar-refractivity contribution in [3.63, 3.8) is 0 Å². The Balaban J connectivity index is 1.77. The third-order valence-corrected chi connectivity index (χ3v) is 3.04. The molecular weight excluding hydrogens is 240 g/mol. The molecule has 0 spiro atoms. The van der Waals surface area contributed by atoms with Gasteiger partial charge in [0.25, 0.3) is 0 Å². The highest BCUT2D eigenvalue weighted by molar-refractivity contribution is 5.76. The fraction of sp³-hybridized carbons (Fsp3) is 0.133. The van der Waals surface area contributed by atoms with Gasteiger partial charge in [0.1, 0.15) is 0 Å². The third kappa shape index (κ3) is 2.52. The van der Waals surface area contributed by atoms with Crippen LogP contribution in [0, 0.1) is 6.92 Å². The smallest absolute Gasteiger partial charge is 0.408 e. The number of oxazole rings is 1. The molecule has 0 saturated heterocycles. The van der Waals surface area contributed by atoms with Crippen molar-refractivity contribution in [1.29, 1.82) is 0 Å². The highest BCUT2D eigenvalue weighted by Crippen LogP contribution is 2.17. The van der Waals surface area contributed by atoms with Crippen molar-refractivity contribution in [3.05, 3.63) is 64.1 Å². The summed E-state index contributed by atoms with van der Waals surface area (Å²) in [6, 6.07) is 13.9. The Morgan fingerprint density at radius 1 is 1.16 bits per heavy atom. The highest BCUT2D eigenvalue weighted by Gasteiger charge is 2.02. The van der Waals surface area contributed by atoms with Gasteiger partial charge in [-0.1, -0.05) is 29.8 Å². The third-order valence-electron chi connectivity index (χ3n) is 3.04. The predicted octanol–water partition coefficient (Wildman–Crippen LogP) is 3.04. The van der Waals surface area contributed by atoms with Crippen LogP contribution in [0.5, 0.6) is 0 Å². The summed E-state index contributed by atoms with van der Waals surface area (Å²) >= 11 is 0. The second-order valence-corrected chi connectivity index (χ2v) is 4.56. The van der Waals surface area contributed by atoms with Crippen LogP contribution in [0.2, 0.25) is 0 Å². The Bertz CT molecular complexity index is 754. The van der Waals surface area contributed by atoms with Crippen molar-refractivity contribution in [2.24, 2.45) is 0 Å². The first-order valence-electron chi connectivity index (χ1n) is 6.13. The fourth-order valence-corrected chi connectivity index (χ4v) is 1.97. The molecule has 4 nitrogen and oxygen atoms in total. The van der Waals surface area contributed by atoms with E-state index in [1.54, 1.807) is 0 Å². The normalized spacial score (nSPS) is 10.8. The van der Waals surface area contributed by atoms with E-state index in [9.17, 15) is 4.79 Å². The maximum atomic E-state index is 11.1. The number of aryl methyl sites for hydroxylation is 1. The number of aromatic nitrogens is 1. The molecular formula is C15H14N2O2. The van der Waals surface area contributed by atoms with E-state index >= 15 is 0 Å². The monoisotopic (exact) mass is 254 g/mol. The molecule has 1 aromatic heterocycles. The molecule has 0 radical (unpaired) electrons. The number of rotatable bonds is 3. The molecule has 0 fully saturated rings. The largest absolute Gasteiger partial charge is 0.417 e. The number of hydrogen-bond acceptors (Lipinski definition) is 3. The summed E-state index contributed by atoms with van der Waals surface area (Å²) < 4.78 is 5.03. The second-order valence-electron chi connectivity index (χ2n) is 4.56. The first kappa shape index (κ1) is 11.6. The van der Waals surface area contributed by atoms with Gasteiger partial charge >= 0.3 is 5.76 Å². The maximum absolute atomic E-state index is 11.1. The number of nitrogens with one attached hydrogen (secondary N) is 2. The number of fused-ring (bicyclic) bond motifs is 1. The van der Waals surface area contributed by atoms with Crippen LogP contribution in [0.25, 0.3) is 11.1 Å². The molecule has 0 amide bonds. The van der Waals surface area contributed by atoms with E-state index in [4.69, 9.17) is 4.42 Å².